The van der Waals surface area contributed by atoms with E-state index < -0.39 is 54.3 Å². The number of nitrogens with two attached hydrogens (primary N) is 4. The van der Waals surface area contributed by atoms with E-state index in [2.05, 4.69) is 25.8 Å². The summed E-state index contributed by atoms with van der Waals surface area (Å²) in [6.07, 6.45) is 0. The molecule has 0 saturated heterocycles. The molecule has 0 aliphatic heterocycles. The molecule has 0 amide bonds. The lowest BCUT2D eigenvalue weighted by atomic mass is 10.4. The number of guanidine groups is 1. The average molecular weight is 418 g/mol. The Bertz CT molecular complexity index is 973. The van der Waals surface area contributed by atoms with Crippen molar-refractivity contribution in [3.8, 4) is 5.69 Å². The Labute approximate surface area is 155 Å². The average Bonchev–Trinajstić information content (AvgIpc) is 3.22. The van der Waals surface area contributed by atoms with Crippen molar-refractivity contribution in [3.63, 3.8) is 0 Å². The zero-order valence-electron chi connectivity index (χ0n) is 13.7. The number of anilines is 1. The van der Waals surface area contributed by atoms with Gasteiger partial charge in [-0.05, 0) is 19.9 Å². The van der Waals surface area contributed by atoms with Crippen molar-refractivity contribution >= 4 is 34.9 Å². The number of hydrazone groups is 1. The summed E-state index contributed by atoms with van der Waals surface area (Å²) < 4.78 is -0.0102. The molecule has 2 aromatic heterocycles. The number of aromatic nitrogens is 4. The van der Waals surface area contributed by atoms with Gasteiger partial charge in [0.2, 0.25) is 5.69 Å². The van der Waals surface area contributed by atoms with E-state index in [4.69, 9.17) is 23.2 Å². The van der Waals surface area contributed by atoms with Gasteiger partial charge in [-0.3, -0.25) is 11.6 Å². The number of nitrogens with zero attached hydrogens (tertiary/aromatic N) is 8. The van der Waals surface area contributed by atoms with Crippen LogP contribution < -0.4 is 38.8 Å². The van der Waals surface area contributed by atoms with E-state index in [0.29, 0.717) is 0 Å². The van der Waals surface area contributed by atoms with Crippen LogP contribution in [0.4, 0.5) is 29.0 Å². The SMILES string of the molecule is NN/C(N)=[NH+]\N.Nc1c([N+](=O)[O-])nn(-c2c([N+](=O)[O-])n[n-]c2[N+](=O)[O-])c1[N+](=O)[O-]. The first-order valence-corrected chi connectivity index (χ1v) is 6.53. The smallest absolute Gasteiger partial charge is 0.446 e. The lowest BCUT2D eigenvalue weighted by Gasteiger charge is -1.99. The third-order valence-electron chi connectivity index (χ3n) is 2.75. The maximum Gasteiger partial charge on any atom is 0.446 e. The largest absolute Gasteiger partial charge is 0.459 e. The lowest BCUT2D eigenvalue weighted by Crippen LogP contribution is -2.85. The molecule has 22 nitrogen and oxygen atoms in total. The van der Waals surface area contributed by atoms with Crippen LogP contribution >= 0.6 is 0 Å². The zero-order valence-corrected chi connectivity index (χ0v) is 13.7. The molecule has 0 unspecified atom stereocenters. The van der Waals surface area contributed by atoms with Crippen molar-refractivity contribution in [1.82, 2.24) is 25.4 Å². The van der Waals surface area contributed by atoms with Crippen LogP contribution in [-0.2, 0) is 0 Å². The van der Waals surface area contributed by atoms with E-state index in [1.807, 2.05) is 0 Å². The summed E-state index contributed by atoms with van der Waals surface area (Å²) in [6, 6.07) is 0. The van der Waals surface area contributed by atoms with E-state index in [9.17, 15) is 40.5 Å². The number of nitro groups is 4. The second-order valence-electron chi connectivity index (χ2n) is 4.40. The fourth-order valence-corrected chi connectivity index (χ4v) is 1.64. The fourth-order valence-electron chi connectivity index (χ4n) is 1.64. The molecule has 0 saturated carbocycles. The summed E-state index contributed by atoms with van der Waals surface area (Å²) >= 11 is 0. The number of rotatable bonds is 5. The third kappa shape index (κ3) is 4.34. The Hall–Kier alpha value is -5.15. The van der Waals surface area contributed by atoms with E-state index >= 15 is 0 Å². The molecule has 10 N–H and O–H groups in total. The van der Waals surface area contributed by atoms with Gasteiger partial charge < -0.3 is 46.2 Å². The van der Waals surface area contributed by atoms with Crippen molar-refractivity contribution < 1.29 is 24.8 Å². The summed E-state index contributed by atoms with van der Waals surface area (Å²) in [5.41, 5.74) is 10.1. The van der Waals surface area contributed by atoms with Gasteiger partial charge in [-0.15, -0.1) is 0 Å². The van der Waals surface area contributed by atoms with Crippen molar-refractivity contribution in [1.29, 1.82) is 0 Å². The molecule has 0 aromatic carbocycles. The van der Waals surface area contributed by atoms with Crippen LogP contribution in [0.3, 0.4) is 0 Å². The summed E-state index contributed by atoms with van der Waals surface area (Å²) in [6.45, 7) is 0. The Balaban J connectivity index is 0.000000612. The number of hydrogen-bond acceptors (Lipinski definition) is 13. The Kier molecular flexibility index (Phi) is 6.41. The van der Waals surface area contributed by atoms with Gasteiger partial charge in [0.25, 0.3) is 5.82 Å². The van der Waals surface area contributed by atoms with E-state index in [1.54, 1.807) is 0 Å². The van der Waals surface area contributed by atoms with Crippen molar-refractivity contribution in [3.05, 3.63) is 40.5 Å². The molecule has 156 valence electrons. The highest BCUT2D eigenvalue weighted by Gasteiger charge is 2.44. The van der Waals surface area contributed by atoms with Crippen LogP contribution in [-0.4, -0.2) is 40.5 Å². The number of hydrogen-bond donors (Lipinski definition) is 6. The Morgan fingerprint density at radius 1 is 1.03 bits per heavy atom. The molecule has 0 spiro atoms. The molecule has 2 heterocycles. The summed E-state index contributed by atoms with van der Waals surface area (Å²) in [5, 5.41) is 54.4. The molecule has 0 aliphatic carbocycles. The monoisotopic (exact) mass is 418 g/mol. The van der Waals surface area contributed by atoms with Gasteiger partial charge in [-0.1, -0.05) is 0 Å². The van der Waals surface area contributed by atoms with Gasteiger partial charge in [0.05, 0.1) is 5.10 Å². The molecule has 22 heteroatoms. The summed E-state index contributed by atoms with van der Waals surface area (Å²) in [5.74, 6) is 4.63. The first kappa shape index (κ1) is 21.9. The Morgan fingerprint density at radius 2 is 1.59 bits per heavy atom. The van der Waals surface area contributed by atoms with Crippen molar-refractivity contribution in [2.45, 2.75) is 0 Å². The van der Waals surface area contributed by atoms with Gasteiger partial charge in [0.15, 0.2) is 5.10 Å². The van der Waals surface area contributed by atoms with Crippen LogP contribution in [0.2, 0.25) is 0 Å². The topological polar surface area (TPSA) is 347 Å². The molecule has 2 aromatic rings. The summed E-state index contributed by atoms with van der Waals surface area (Å²) in [7, 11) is 0. The molecule has 0 bridgehead atoms. The molecule has 2 rings (SSSR count). The molecule has 0 fully saturated rings. The molecule has 0 radical (unpaired) electrons. The van der Waals surface area contributed by atoms with Crippen molar-refractivity contribution in [2.75, 3.05) is 5.73 Å². The highest BCUT2D eigenvalue weighted by molar-refractivity contribution is 5.71. The minimum Gasteiger partial charge on any atom is -0.459 e. The maximum absolute atomic E-state index is 11.0. The number of nitrogen functional groups attached to an aromatic ring is 1. The fraction of sp³-hybridized carbons (Fsp3) is 0. The van der Waals surface area contributed by atoms with Gasteiger partial charge >= 0.3 is 29.1 Å². The van der Waals surface area contributed by atoms with E-state index in [1.165, 1.54) is 0 Å². The molecule has 0 atom stereocenters. The van der Waals surface area contributed by atoms with Crippen LogP contribution in [0.1, 0.15) is 0 Å². The normalized spacial score (nSPS) is 10.6. The molecule has 29 heavy (non-hydrogen) atoms. The third-order valence-corrected chi connectivity index (χ3v) is 2.75. The highest BCUT2D eigenvalue weighted by Crippen LogP contribution is 2.38. The quantitative estimate of drug-likeness (QED) is 0.0870. The summed E-state index contributed by atoms with van der Waals surface area (Å²) in [4.78, 5) is 38.6. The minimum absolute atomic E-state index is 0.0102. The lowest BCUT2D eigenvalue weighted by molar-refractivity contribution is -0.472. The zero-order chi connectivity index (χ0) is 22.5. The second kappa shape index (κ2) is 8.49. The first-order valence-electron chi connectivity index (χ1n) is 6.53. The van der Waals surface area contributed by atoms with Crippen molar-refractivity contribution in [2.24, 2.45) is 17.4 Å². The van der Waals surface area contributed by atoms with Gasteiger partial charge in [-0.25, -0.2) is 5.43 Å². The van der Waals surface area contributed by atoms with E-state index in [-0.39, 0.29) is 10.6 Å². The van der Waals surface area contributed by atoms with Gasteiger partial charge in [0.1, 0.15) is 0 Å². The predicted molar refractivity (Wildman–Crippen MR) is 87.4 cm³/mol. The highest BCUT2D eigenvalue weighted by atomic mass is 16.6. The van der Waals surface area contributed by atoms with Crippen LogP contribution in [0.15, 0.2) is 0 Å². The number of hydrazine groups is 2. The maximum atomic E-state index is 11.0. The van der Waals surface area contributed by atoms with E-state index in [0.717, 1.165) is 0 Å². The molecule has 0 aliphatic rings. The molecular weight excluding hydrogens is 408 g/mol. The van der Waals surface area contributed by atoms with Crippen LogP contribution in [0.25, 0.3) is 5.69 Å². The van der Waals surface area contributed by atoms with Crippen LogP contribution in [0.5, 0.6) is 0 Å². The predicted octanol–water partition coefficient (Wildman–Crippen LogP) is -4.84. The number of nitrogens with one attached hydrogen (secondary N) is 2. The van der Waals surface area contributed by atoms with Crippen LogP contribution in [0, 0.1) is 40.5 Å². The molecular formula is C7H10N14O8. The standard InChI is InChI=1S/C6H2N9O8.CH7N5/c7-1-3(12(16)17)10-11(6(1)15(22)23)2-4(13(18)19)8-9-5(2)14(20)21;2-1(5-3)6-4/h7H2;3-4H2,(H3,2,5,6)/q-1;/p+1. The second-order valence-corrected chi connectivity index (χ2v) is 4.40. The van der Waals surface area contributed by atoms with Gasteiger partial charge in [-0.2, -0.15) is 15.9 Å². The van der Waals surface area contributed by atoms with Gasteiger partial charge in [0, 0.05) is 4.68 Å². The minimum atomic E-state index is -1.27. The Morgan fingerprint density at radius 3 is 1.93 bits per heavy atom. The first-order chi connectivity index (χ1) is 13.5.